The van der Waals surface area contributed by atoms with Gasteiger partial charge in [0.05, 0.1) is 17.2 Å². The van der Waals surface area contributed by atoms with Crippen LogP contribution in [0, 0.1) is 0 Å². The smallest absolute Gasteiger partial charge is 0.191 e. The van der Waals surface area contributed by atoms with Gasteiger partial charge < -0.3 is 10.6 Å². The molecule has 21 heavy (non-hydrogen) atoms. The Balaban J connectivity index is 1.93. The lowest BCUT2D eigenvalue weighted by Gasteiger charge is -2.27. The predicted molar refractivity (Wildman–Crippen MR) is 88.9 cm³/mol. The van der Waals surface area contributed by atoms with E-state index in [9.17, 15) is 8.42 Å². The molecular weight excluding hydrogens is 330 g/mol. The minimum absolute atomic E-state index is 0.0576. The first-order valence-electron chi connectivity index (χ1n) is 6.60. The molecule has 0 aliphatic carbocycles. The summed E-state index contributed by atoms with van der Waals surface area (Å²) in [5.41, 5.74) is 5.89. The molecule has 116 valence electrons. The second-order valence-electron chi connectivity index (χ2n) is 4.61. The molecule has 2 rings (SSSR count). The van der Waals surface area contributed by atoms with Crippen molar-refractivity contribution in [2.45, 2.75) is 4.90 Å². The van der Waals surface area contributed by atoms with E-state index >= 15 is 0 Å². The van der Waals surface area contributed by atoms with Crippen molar-refractivity contribution in [1.82, 2.24) is 4.90 Å². The molecule has 1 aliphatic rings. The van der Waals surface area contributed by atoms with Gasteiger partial charge in [-0.05, 0) is 24.3 Å². The van der Waals surface area contributed by atoms with Crippen LogP contribution in [-0.2, 0) is 9.84 Å². The van der Waals surface area contributed by atoms with E-state index in [2.05, 4.69) is 4.99 Å². The zero-order valence-electron chi connectivity index (χ0n) is 11.5. The monoisotopic (exact) mass is 347 g/mol. The van der Waals surface area contributed by atoms with Crippen molar-refractivity contribution < 1.29 is 8.42 Å². The maximum absolute atomic E-state index is 12.1. The average molecular weight is 348 g/mol. The largest absolute Gasteiger partial charge is 0.370 e. The van der Waals surface area contributed by atoms with Crippen molar-refractivity contribution in [1.29, 1.82) is 0 Å². The Labute approximate surface area is 134 Å². The lowest BCUT2D eigenvalue weighted by Crippen LogP contribution is -2.42. The Morgan fingerprint density at radius 2 is 1.90 bits per heavy atom. The van der Waals surface area contributed by atoms with Crippen molar-refractivity contribution >= 4 is 39.2 Å². The summed E-state index contributed by atoms with van der Waals surface area (Å²) in [6, 6.07) is 6.15. The third-order valence-corrected chi connectivity index (χ3v) is 6.05. The van der Waals surface area contributed by atoms with Crippen LogP contribution >= 0.6 is 23.4 Å². The molecule has 1 fully saturated rings. The molecule has 1 aliphatic heterocycles. The summed E-state index contributed by atoms with van der Waals surface area (Å²) < 4.78 is 24.3. The highest BCUT2D eigenvalue weighted by atomic mass is 35.5. The van der Waals surface area contributed by atoms with Crippen LogP contribution in [0.5, 0.6) is 0 Å². The van der Waals surface area contributed by atoms with Gasteiger partial charge in [0.25, 0.3) is 0 Å². The molecule has 1 heterocycles. The third kappa shape index (κ3) is 4.79. The van der Waals surface area contributed by atoms with Crippen LogP contribution in [0.4, 0.5) is 0 Å². The van der Waals surface area contributed by atoms with Crippen molar-refractivity contribution in [2.75, 3.05) is 36.9 Å². The van der Waals surface area contributed by atoms with Gasteiger partial charge in [-0.25, -0.2) is 8.42 Å². The molecule has 0 atom stereocenters. The van der Waals surface area contributed by atoms with E-state index in [1.165, 1.54) is 12.1 Å². The van der Waals surface area contributed by atoms with Gasteiger partial charge >= 0.3 is 0 Å². The molecule has 0 saturated carbocycles. The summed E-state index contributed by atoms with van der Waals surface area (Å²) in [6.45, 7) is 1.90. The van der Waals surface area contributed by atoms with Gasteiger partial charge in [-0.2, -0.15) is 11.8 Å². The van der Waals surface area contributed by atoms with Gasteiger partial charge in [-0.3, -0.25) is 4.99 Å². The average Bonchev–Trinajstić information content (AvgIpc) is 2.48. The van der Waals surface area contributed by atoms with E-state index in [1.807, 2.05) is 16.7 Å². The van der Waals surface area contributed by atoms with E-state index in [-0.39, 0.29) is 17.2 Å². The number of rotatable bonds is 4. The molecule has 2 N–H and O–H groups in total. The van der Waals surface area contributed by atoms with E-state index in [1.54, 1.807) is 12.1 Å². The minimum Gasteiger partial charge on any atom is -0.370 e. The highest BCUT2D eigenvalue weighted by Gasteiger charge is 2.15. The summed E-state index contributed by atoms with van der Waals surface area (Å²) >= 11 is 7.64. The van der Waals surface area contributed by atoms with Crippen LogP contribution in [0.15, 0.2) is 34.2 Å². The van der Waals surface area contributed by atoms with E-state index in [0.29, 0.717) is 11.0 Å². The van der Waals surface area contributed by atoms with Crippen molar-refractivity contribution in [3.8, 4) is 0 Å². The van der Waals surface area contributed by atoms with Crippen LogP contribution in [-0.4, -0.2) is 56.2 Å². The highest BCUT2D eigenvalue weighted by Crippen LogP contribution is 2.15. The molecule has 8 heteroatoms. The first-order chi connectivity index (χ1) is 9.99. The molecule has 5 nitrogen and oxygen atoms in total. The SMILES string of the molecule is NC(=NCCS(=O)(=O)c1ccc(Cl)cc1)N1CCSCC1. The maximum atomic E-state index is 12.1. The van der Waals surface area contributed by atoms with Crippen molar-refractivity contribution in [2.24, 2.45) is 10.7 Å². The van der Waals surface area contributed by atoms with E-state index in [4.69, 9.17) is 17.3 Å². The molecule has 1 aromatic rings. The van der Waals surface area contributed by atoms with Crippen molar-refractivity contribution in [3.05, 3.63) is 29.3 Å². The lowest BCUT2D eigenvalue weighted by atomic mass is 10.4. The van der Waals surface area contributed by atoms with E-state index < -0.39 is 9.84 Å². The van der Waals surface area contributed by atoms with E-state index in [0.717, 1.165) is 24.6 Å². The molecule has 1 saturated heterocycles. The van der Waals surface area contributed by atoms with Crippen LogP contribution in [0.25, 0.3) is 0 Å². The van der Waals surface area contributed by atoms with Gasteiger partial charge in [0.1, 0.15) is 0 Å². The predicted octanol–water partition coefficient (Wildman–Crippen LogP) is 1.48. The van der Waals surface area contributed by atoms with Crippen LogP contribution in [0.3, 0.4) is 0 Å². The summed E-state index contributed by atoms with van der Waals surface area (Å²) in [5, 5.41) is 0.513. The number of nitrogens with zero attached hydrogens (tertiary/aromatic N) is 2. The number of hydrogen-bond donors (Lipinski definition) is 1. The Morgan fingerprint density at radius 1 is 1.29 bits per heavy atom. The fraction of sp³-hybridized carbons (Fsp3) is 0.462. The Hall–Kier alpha value is -0.920. The minimum atomic E-state index is -3.35. The molecule has 0 unspecified atom stereocenters. The first-order valence-corrected chi connectivity index (χ1v) is 9.78. The number of hydrogen-bond acceptors (Lipinski definition) is 4. The number of benzene rings is 1. The van der Waals surface area contributed by atoms with Crippen LogP contribution in [0.2, 0.25) is 5.02 Å². The second kappa shape index (κ2) is 7.38. The zero-order chi connectivity index (χ0) is 15.3. The molecule has 0 bridgehead atoms. The summed E-state index contributed by atoms with van der Waals surface area (Å²) in [5.74, 6) is 2.43. The molecule has 1 aromatic carbocycles. The fourth-order valence-electron chi connectivity index (χ4n) is 1.93. The molecule has 0 amide bonds. The fourth-order valence-corrected chi connectivity index (χ4v) is 4.08. The second-order valence-corrected chi connectivity index (χ2v) is 8.38. The van der Waals surface area contributed by atoms with Crippen LogP contribution in [0.1, 0.15) is 0 Å². The number of sulfone groups is 1. The van der Waals surface area contributed by atoms with Gasteiger partial charge in [-0.1, -0.05) is 11.6 Å². The molecule has 0 spiro atoms. The summed E-state index contributed by atoms with van der Waals surface area (Å²) in [4.78, 5) is 6.43. The van der Waals surface area contributed by atoms with Gasteiger partial charge in [-0.15, -0.1) is 0 Å². The van der Waals surface area contributed by atoms with Gasteiger partial charge in [0.2, 0.25) is 0 Å². The third-order valence-electron chi connectivity index (χ3n) is 3.14. The molecular formula is C13H18ClN3O2S2. The Kier molecular flexibility index (Phi) is 5.78. The maximum Gasteiger partial charge on any atom is 0.191 e. The first kappa shape index (κ1) is 16.5. The Morgan fingerprint density at radius 3 is 2.52 bits per heavy atom. The van der Waals surface area contributed by atoms with Gasteiger partial charge in [0, 0.05) is 29.6 Å². The van der Waals surface area contributed by atoms with Gasteiger partial charge in [0.15, 0.2) is 15.8 Å². The lowest BCUT2D eigenvalue weighted by molar-refractivity contribution is 0.456. The zero-order valence-corrected chi connectivity index (χ0v) is 13.9. The van der Waals surface area contributed by atoms with Crippen molar-refractivity contribution in [3.63, 3.8) is 0 Å². The summed E-state index contributed by atoms with van der Waals surface area (Å²) in [6.07, 6.45) is 0. The molecule has 0 aromatic heterocycles. The normalized spacial score (nSPS) is 17.0. The molecule has 0 radical (unpaired) electrons. The number of nitrogens with two attached hydrogens (primary N) is 1. The summed E-state index contributed by atoms with van der Waals surface area (Å²) in [7, 11) is -3.35. The quantitative estimate of drug-likeness (QED) is 0.659. The number of guanidine groups is 1. The number of aliphatic imine (C=N–C) groups is 1. The van der Waals surface area contributed by atoms with Crippen LogP contribution < -0.4 is 5.73 Å². The standard InChI is InChI=1S/C13H18ClN3O2S2/c14-11-1-3-12(4-2-11)21(18,19)10-5-16-13(15)17-6-8-20-9-7-17/h1-4H,5-10H2,(H2,15,16). The highest BCUT2D eigenvalue weighted by molar-refractivity contribution is 7.99. The number of halogens is 1. The number of thioether (sulfide) groups is 1. The topological polar surface area (TPSA) is 75.8 Å². The Bertz CT molecular complexity index is 596.